The summed E-state index contributed by atoms with van der Waals surface area (Å²) in [6.07, 6.45) is 11.3. The minimum Gasteiger partial charge on any atom is -0.479 e. The van der Waals surface area contributed by atoms with Gasteiger partial charge in [0, 0.05) is 18.3 Å². The number of methoxy groups -OCH3 is 1. The van der Waals surface area contributed by atoms with Crippen LogP contribution in [0.1, 0.15) is 62.4 Å². The Balaban J connectivity index is 1.94. The number of carbonyl (C=O) groups is 1. The number of aromatic nitrogens is 2. The van der Waals surface area contributed by atoms with Gasteiger partial charge in [-0.25, -0.2) is 9.97 Å². The van der Waals surface area contributed by atoms with Crippen LogP contribution in [0.5, 0.6) is 5.88 Å². The maximum Gasteiger partial charge on any atom is 0.243 e. The van der Waals surface area contributed by atoms with E-state index in [1.807, 2.05) is 0 Å². The molecule has 20 heavy (non-hydrogen) atoms. The van der Waals surface area contributed by atoms with E-state index in [0.717, 1.165) is 18.8 Å². The second-order valence-electron chi connectivity index (χ2n) is 5.64. The number of hydrogen-bond donors (Lipinski definition) is 0. The summed E-state index contributed by atoms with van der Waals surface area (Å²) in [5, 5.41) is 0. The number of carbonyl (C=O) groups excluding carboxylic acids is 1. The maximum atomic E-state index is 12.5. The molecule has 0 spiro atoms. The number of ether oxygens (including phenoxy) is 1. The zero-order valence-corrected chi connectivity index (χ0v) is 12.5. The smallest absolute Gasteiger partial charge is 0.243 e. The summed E-state index contributed by atoms with van der Waals surface area (Å²) in [5.74, 6) is 1.36. The van der Waals surface area contributed by atoms with Gasteiger partial charge in [0.1, 0.15) is 0 Å². The molecule has 2 rings (SSSR count). The van der Waals surface area contributed by atoms with Gasteiger partial charge in [0.2, 0.25) is 5.88 Å². The predicted molar refractivity (Wildman–Crippen MR) is 77.9 cm³/mol. The van der Waals surface area contributed by atoms with Crippen molar-refractivity contribution in [3.05, 3.63) is 18.1 Å². The lowest BCUT2D eigenvalue weighted by molar-refractivity contribution is 0.0859. The molecule has 4 nitrogen and oxygen atoms in total. The molecular formula is C16H24N2O2. The lowest BCUT2D eigenvalue weighted by Crippen LogP contribution is -2.23. The van der Waals surface area contributed by atoms with Crippen LogP contribution in [0.2, 0.25) is 0 Å². The normalized spacial score (nSPS) is 22.5. The summed E-state index contributed by atoms with van der Waals surface area (Å²) in [4.78, 5) is 20.7. The molecule has 1 aromatic heterocycles. The second kappa shape index (κ2) is 7.36. The van der Waals surface area contributed by atoms with Crippen molar-refractivity contribution in [1.82, 2.24) is 9.97 Å². The summed E-state index contributed by atoms with van der Waals surface area (Å²) >= 11 is 0. The second-order valence-corrected chi connectivity index (χ2v) is 5.64. The Kier molecular flexibility index (Phi) is 5.50. The first-order valence-electron chi connectivity index (χ1n) is 7.65. The highest BCUT2D eigenvalue weighted by Crippen LogP contribution is 2.34. The minimum atomic E-state index is 0.0958. The number of unbranched alkanes of at least 4 members (excludes halogenated alkanes) is 1. The summed E-state index contributed by atoms with van der Waals surface area (Å²) in [6, 6.07) is 0. The highest BCUT2D eigenvalue weighted by atomic mass is 16.5. The fourth-order valence-electron chi connectivity index (χ4n) is 3.04. The predicted octanol–water partition coefficient (Wildman–Crippen LogP) is 3.66. The molecule has 0 N–H and O–H groups in total. The monoisotopic (exact) mass is 276 g/mol. The van der Waals surface area contributed by atoms with E-state index in [1.165, 1.54) is 39.2 Å². The van der Waals surface area contributed by atoms with Crippen molar-refractivity contribution in [2.75, 3.05) is 7.11 Å². The van der Waals surface area contributed by atoms with E-state index >= 15 is 0 Å². The van der Waals surface area contributed by atoms with Gasteiger partial charge < -0.3 is 4.74 Å². The lowest BCUT2D eigenvalue weighted by atomic mass is 9.77. The number of Topliss-reactive ketones (excluding diaryl/α,β-unsaturated/α-hetero) is 1. The summed E-state index contributed by atoms with van der Waals surface area (Å²) in [5.41, 5.74) is 0.395. The molecule has 0 unspecified atom stereocenters. The van der Waals surface area contributed by atoms with Crippen LogP contribution in [0.25, 0.3) is 0 Å². The molecule has 1 aromatic rings. The first kappa shape index (κ1) is 14.9. The molecule has 4 heteroatoms. The first-order chi connectivity index (χ1) is 9.76. The Morgan fingerprint density at radius 3 is 2.60 bits per heavy atom. The molecule has 0 amide bonds. The zero-order valence-electron chi connectivity index (χ0n) is 12.5. The Morgan fingerprint density at radius 2 is 1.95 bits per heavy atom. The third-order valence-corrected chi connectivity index (χ3v) is 4.27. The molecule has 1 saturated carbocycles. The number of ketones is 1. The van der Waals surface area contributed by atoms with Crippen LogP contribution >= 0.6 is 0 Å². The molecule has 0 aliphatic heterocycles. The van der Waals surface area contributed by atoms with Crippen molar-refractivity contribution >= 4 is 5.78 Å². The molecule has 110 valence electrons. The standard InChI is InChI=1S/C16H24N2O2/c1-3-4-5-12-6-8-13(9-7-12)15(19)14-16(20-2)18-11-10-17-14/h10-13H,3-9H2,1-2H3. The lowest BCUT2D eigenvalue weighted by Gasteiger charge is -2.27. The van der Waals surface area contributed by atoms with Crippen LogP contribution in [-0.2, 0) is 0 Å². The van der Waals surface area contributed by atoms with Crippen molar-refractivity contribution in [1.29, 1.82) is 0 Å². The molecule has 0 saturated heterocycles. The fourth-order valence-corrected chi connectivity index (χ4v) is 3.04. The van der Waals surface area contributed by atoms with Gasteiger partial charge in [-0.3, -0.25) is 4.79 Å². The number of rotatable bonds is 6. The number of hydrogen-bond acceptors (Lipinski definition) is 4. The van der Waals surface area contributed by atoms with Crippen LogP contribution in [0.4, 0.5) is 0 Å². The molecule has 0 radical (unpaired) electrons. The largest absolute Gasteiger partial charge is 0.479 e. The molecule has 0 bridgehead atoms. The Bertz CT molecular complexity index is 440. The highest BCUT2D eigenvalue weighted by Gasteiger charge is 2.29. The average molecular weight is 276 g/mol. The SMILES string of the molecule is CCCCC1CCC(C(=O)c2nccnc2OC)CC1. The van der Waals surface area contributed by atoms with Crippen LogP contribution in [0, 0.1) is 11.8 Å². The van der Waals surface area contributed by atoms with Crippen molar-refractivity contribution in [2.45, 2.75) is 51.9 Å². The van der Waals surface area contributed by atoms with Gasteiger partial charge in [0.25, 0.3) is 0 Å². The van der Waals surface area contributed by atoms with Crippen LogP contribution < -0.4 is 4.74 Å². The molecule has 1 aliphatic rings. The Hall–Kier alpha value is -1.45. The van der Waals surface area contributed by atoms with E-state index in [9.17, 15) is 4.79 Å². The van der Waals surface area contributed by atoms with E-state index < -0.39 is 0 Å². The summed E-state index contributed by atoms with van der Waals surface area (Å²) < 4.78 is 5.14. The number of nitrogens with zero attached hydrogens (tertiary/aromatic N) is 2. The fraction of sp³-hybridized carbons (Fsp3) is 0.688. The van der Waals surface area contributed by atoms with Gasteiger partial charge in [0.15, 0.2) is 11.5 Å². The Labute approximate surface area is 121 Å². The Morgan fingerprint density at radius 1 is 1.25 bits per heavy atom. The van der Waals surface area contributed by atoms with E-state index in [1.54, 1.807) is 12.4 Å². The van der Waals surface area contributed by atoms with Crippen molar-refractivity contribution in [3.63, 3.8) is 0 Å². The molecule has 1 fully saturated rings. The maximum absolute atomic E-state index is 12.5. The molecule has 1 aliphatic carbocycles. The van der Waals surface area contributed by atoms with Crippen molar-refractivity contribution in [2.24, 2.45) is 11.8 Å². The first-order valence-corrected chi connectivity index (χ1v) is 7.65. The van der Waals surface area contributed by atoms with Gasteiger partial charge in [0.05, 0.1) is 7.11 Å². The third kappa shape index (κ3) is 3.56. The van der Waals surface area contributed by atoms with Gasteiger partial charge in [-0.2, -0.15) is 0 Å². The van der Waals surface area contributed by atoms with Gasteiger partial charge >= 0.3 is 0 Å². The van der Waals surface area contributed by atoms with Crippen LogP contribution in [0.3, 0.4) is 0 Å². The average Bonchev–Trinajstić information content (AvgIpc) is 2.52. The van der Waals surface area contributed by atoms with E-state index in [-0.39, 0.29) is 11.7 Å². The van der Waals surface area contributed by atoms with Crippen molar-refractivity contribution < 1.29 is 9.53 Å². The summed E-state index contributed by atoms with van der Waals surface area (Å²) in [7, 11) is 1.53. The topological polar surface area (TPSA) is 52.1 Å². The quantitative estimate of drug-likeness (QED) is 0.744. The van der Waals surface area contributed by atoms with Crippen molar-refractivity contribution in [3.8, 4) is 5.88 Å². The van der Waals surface area contributed by atoms with E-state index in [4.69, 9.17) is 4.74 Å². The van der Waals surface area contributed by atoms with E-state index in [0.29, 0.717) is 11.6 Å². The van der Waals surface area contributed by atoms with Gasteiger partial charge in [-0.15, -0.1) is 0 Å². The molecule has 1 heterocycles. The molecule has 0 atom stereocenters. The summed E-state index contributed by atoms with van der Waals surface area (Å²) in [6.45, 7) is 2.23. The third-order valence-electron chi connectivity index (χ3n) is 4.27. The van der Waals surface area contributed by atoms with Crippen LogP contribution in [-0.4, -0.2) is 22.9 Å². The van der Waals surface area contributed by atoms with Gasteiger partial charge in [-0.1, -0.05) is 26.2 Å². The van der Waals surface area contributed by atoms with E-state index in [2.05, 4.69) is 16.9 Å². The minimum absolute atomic E-state index is 0.0958. The zero-order chi connectivity index (χ0) is 14.4. The molecule has 0 aromatic carbocycles. The highest BCUT2D eigenvalue weighted by molar-refractivity contribution is 5.98. The van der Waals surface area contributed by atoms with Crippen LogP contribution in [0.15, 0.2) is 12.4 Å². The van der Waals surface area contributed by atoms with Gasteiger partial charge in [-0.05, 0) is 31.6 Å². The molecular weight excluding hydrogens is 252 g/mol.